The Labute approximate surface area is 221 Å². The molecule has 5 rings (SSSR count). The number of allylic oxidation sites excluding steroid dienone is 1. The molecule has 5 aliphatic rings. The lowest BCUT2D eigenvalue weighted by Gasteiger charge is -2.55. The molecule has 4 saturated carbocycles. The molecule has 0 aromatic rings. The summed E-state index contributed by atoms with van der Waals surface area (Å²) in [6.07, 6.45) is 6.62. The van der Waals surface area contributed by atoms with Crippen molar-refractivity contribution in [2.24, 2.45) is 51.2 Å². The summed E-state index contributed by atoms with van der Waals surface area (Å²) < 4.78 is 5.98. The summed E-state index contributed by atoms with van der Waals surface area (Å²) in [5.41, 5.74) is -2.58. The molecule has 0 spiro atoms. The molecule has 9 atom stereocenters. The number of ketones is 2. The van der Waals surface area contributed by atoms with Gasteiger partial charge in [0.1, 0.15) is 12.2 Å². The molecule has 202 valence electrons. The maximum atomic E-state index is 14.3. The van der Waals surface area contributed by atoms with Crippen LogP contribution in [0.1, 0.15) is 93.4 Å². The number of carboxylic acid groups (broad SMARTS) is 1. The maximum absolute atomic E-state index is 14.3. The van der Waals surface area contributed by atoms with Crippen molar-refractivity contribution in [3.8, 4) is 6.07 Å². The van der Waals surface area contributed by atoms with E-state index in [0.29, 0.717) is 12.8 Å². The lowest BCUT2D eigenvalue weighted by molar-refractivity contribution is -0.168. The zero-order chi connectivity index (χ0) is 27.3. The molecule has 37 heavy (non-hydrogen) atoms. The molecule has 1 aliphatic heterocycles. The number of ether oxygens (including phenoxy) is 1. The van der Waals surface area contributed by atoms with Crippen LogP contribution in [0.15, 0.2) is 11.6 Å². The zero-order valence-corrected chi connectivity index (χ0v) is 23.5. The van der Waals surface area contributed by atoms with Gasteiger partial charge in [0.15, 0.2) is 11.6 Å². The van der Waals surface area contributed by atoms with Crippen LogP contribution in [0, 0.1) is 62.6 Å². The predicted molar refractivity (Wildman–Crippen MR) is 138 cm³/mol. The van der Waals surface area contributed by atoms with Gasteiger partial charge < -0.3 is 9.84 Å². The van der Waals surface area contributed by atoms with Crippen molar-refractivity contribution in [1.82, 2.24) is 0 Å². The Morgan fingerprint density at radius 2 is 1.73 bits per heavy atom. The number of nitrogens with zero attached hydrogens (tertiary/aromatic N) is 1. The Bertz CT molecular complexity index is 1130. The third-order valence-electron chi connectivity index (χ3n) is 11.8. The molecule has 5 fully saturated rings. The zero-order valence-electron chi connectivity index (χ0n) is 23.5. The third-order valence-corrected chi connectivity index (χ3v) is 11.8. The highest BCUT2D eigenvalue weighted by molar-refractivity contribution is 6.00. The highest BCUT2D eigenvalue weighted by Crippen LogP contribution is 2.69. The number of nitriles is 1. The summed E-state index contributed by atoms with van der Waals surface area (Å²) in [6.45, 7) is 14.6. The third kappa shape index (κ3) is 3.41. The first kappa shape index (κ1) is 26.6. The van der Waals surface area contributed by atoms with Crippen LogP contribution in [0.2, 0.25) is 0 Å². The van der Waals surface area contributed by atoms with Crippen molar-refractivity contribution in [3.63, 3.8) is 0 Å². The molecule has 9 unspecified atom stereocenters. The minimum absolute atomic E-state index is 0.00353. The number of aliphatic carboxylic acids is 1. The van der Waals surface area contributed by atoms with Crippen LogP contribution in [-0.2, 0) is 19.1 Å². The summed E-state index contributed by atoms with van der Waals surface area (Å²) in [7, 11) is 0. The van der Waals surface area contributed by atoms with E-state index < -0.39 is 33.9 Å². The van der Waals surface area contributed by atoms with Gasteiger partial charge in [-0.3, -0.25) is 14.4 Å². The largest absolute Gasteiger partial charge is 0.481 e. The van der Waals surface area contributed by atoms with E-state index in [4.69, 9.17) is 4.74 Å². The molecule has 6 heteroatoms. The molecule has 0 bridgehead atoms. The number of hydrogen-bond donors (Lipinski definition) is 1. The van der Waals surface area contributed by atoms with E-state index in [1.165, 1.54) is 0 Å². The van der Waals surface area contributed by atoms with E-state index in [0.717, 1.165) is 37.7 Å². The number of carboxylic acids is 1. The lowest BCUT2D eigenvalue weighted by atomic mass is 9.46. The maximum Gasteiger partial charge on any atom is 0.309 e. The Kier molecular flexibility index (Phi) is 5.76. The van der Waals surface area contributed by atoms with E-state index in [9.17, 15) is 24.8 Å². The van der Waals surface area contributed by atoms with E-state index in [1.54, 1.807) is 0 Å². The standard InChI is InChI=1S/C31H43NO5/c1-17-8-9-22-28(5,6)24(34)31(16-32)25(37-31)29(22,7)19(17)14-21(33)23-18(2)10-11-30(26(35)36)13-12-27(3,4)15-20(23)30/h14,17-18,20,22-23,25H,8-13,15H2,1-7H3,(H,35,36). The van der Waals surface area contributed by atoms with Gasteiger partial charge in [0.2, 0.25) is 5.60 Å². The number of carbonyl (C=O) groups excluding carboxylic acids is 2. The van der Waals surface area contributed by atoms with E-state index in [-0.39, 0.29) is 46.6 Å². The van der Waals surface area contributed by atoms with Crippen molar-refractivity contribution in [1.29, 1.82) is 5.26 Å². The lowest BCUT2D eigenvalue weighted by Crippen LogP contribution is -2.59. The predicted octanol–water partition coefficient (Wildman–Crippen LogP) is 5.75. The summed E-state index contributed by atoms with van der Waals surface area (Å²) in [6, 6.07) is 2.19. The Hall–Kier alpha value is -2.00. The molecule has 0 radical (unpaired) electrons. The molecule has 0 amide bonds. The fourth-order valence-corrected chi connectivity index (χ4v) is 9.57. The number of hydrogen-bond acceptors (Lipinski definition) is 5. The molecule has 6 nitrogen and oxygen atoms in total. The van der Waals surface area contributed by atoms with Gasteiger partial charge in [-0.05, 0) is 80.1 Å². The average molecular weight is 510 g/mol. The molecule has 0 aromatic heterocycles. The summed E-state index contributed by atoms with van der Waals surface area (Å²) >= 11 is 0. The molecule has 1 saturated heterocycles. The smallest absolute Gasteiger partial charge is 0.309 e. The number of carbonyl (C=O) groups is 3. The monoisotopic (exact) mass is 509 g/mol. The number of Topliss-reactive ketones (excluding diaryl/α,β-unsaturated/α-hetero) is 1. The Morgan fingerprint density at radius 3 is 2.35 bits per heavy atom. The first-order valence-electron chi connectivity index (χ1n) is 14.2. The summed E-state index contributed by atoms with van der Waals surface area (Å²) in [5, 5.41) is 20.4. The Morgan fingerprint density at radius 1 is 1.05 bits per heavy atom. The summed E-state index contributed by atoms with van der Waals surface area (Å²) in [4.78, 5) is 40.4. The fraction of sp³-hybridized carbons (Fsp3) is 0.806. The molecule has 4 aliphatic carbocycles. The van der Waals surface area contributed by atoms with Gasteiger partial charge in [0, 0.05) is 16.7 Å². The second-order valence-corrected chi connectivity index (χ2v) is 14.7. The topological polar surface area (TPSA) is 108 Å². The van der Waals surface area contributed by atoms with E-state index in [1.807, 2.05) is 19.9 Å². The second-order valence-electron chi connectivity index (χ2n) is 14.7. The van der Waals surface area contributed by atoms with Crippen LogP contribution < -0.4 is 0 Å². The van der Waals surface area contributed by atoms with Crippen molar-refractivity contribution < 1.29 is 24.2 Å². The van der Waals surface area contributed by atoms with Crippen LogP contribution in [0.4, 0.5) is 0 Å². The van der Waals surface area contributed by atoms with Crippen molar-refractivity contribution >= 4 is 17.5 Å². The van der Waals surface area contributed by atoms with E-state index >= 15 is 0 Å². The number of fused-ring (bicyclic) bond motifs is 4. The Balaban J connectivity index is 1.58. The molecule has 1 heterocycles. The van der Waals surface area contributed by atoms with Gasteiger partial charge in [0.25, 0.3) is 0 Å². The molecular weight excluding hydrogens is 466 g/mol. The number of epoxide rings is 1. The van der Waals surface area contributed by atoms with Crippen LogP contribution in [-0.4, -0.2) is 34.3 Å². The minimum Gasteiger partial charge on any atom is -0.481 e. The highest BCUT2D eigenvalue weighted by Gasteiger charge is 2.80. The average Bonchev–Trinajstić information content (AvgIpc) is 3.57. The van der Waals surface area contributed by atoms with Crippen LogP contribution in [0.3, 0.4) is 0 Å². The van der Waals surface area contributed by atoms with Gasteiger partial charge in [-0.2, -0.15) is 5.26 Å². The normalized spacial score (nSPS) is 48.7. The van der Waals surface area contributed by atoms with Crippen molar-refractivity contribution in [3.05, 3.63) is 11.6 Å². The summed E-state index contributed by atoms with van der Waals surface area (Å²) in [5.74, 6) is -1.17. The molecule has 0 aromatic carbocycles. The van der Waals surface area contributed by atoms with Gasteiger partial charge in [-0.15, -0.1) is 0 Å². The highest BCUT2D eigenvalue weighted by atomic mass is 16.6. The second kappa shape index (κ2) is 8.01. The van der Waals surface area contributed by atoms with Gasteiger partial charge >= 0.3 is 5.97 Å². The van der Waals surface area contributed by atoms with Gasteiger partial charge in [-0.1, -0.05) is 54.0 Å². The first-order valence-corrected chi connectivity index (χ1v) is 14.2. The van der Waals surface area contributed by atoms with Crippen LogP contribution in [0.5, 0.6) is 0 Å². The quantitative estimate of drug-likeness (QED) is 0.383. The van der Waals surface area contributed by atoms with Crippen LogP contribution >= 0.6 is 0 Å². The van der Waals surface area contributed by atoms with Gasteiger partial charge in [-0.25, -0.2) is 0 Å². The molecular formula is C31H43NO5. The van der Waals surface area contributed by atoms with Crippen molar-refractivity contribution in [2.45, 2.75) is 105 Å². The first-order chi connectivity index (χ1) is 17.1. The minimum atomic E-state index is -1.42. The van der Waals surface area contributed by atoms with Gasteiger partial charge in [0.05, 0.1) is 5.41 Å². The fourth-order valence-electron chi connectivity index (χ4n) is 9.57. The van der Waals surface area contributed by atoms with Crippen LogP contribution in [0.25, 0.3) is 0 Å². The van der Waals surface area contributed by atoms with Crippen molar-refractivity contribution in [2.75, 3.05) is 0 Å². The SMILES string of the molecule is CC1CCC2C(C)(C)C(=O)C3(C#N)OC3C2(C)C1=CC(=O)C1C(C)CCC2(C(=O)O)CCC(C)(C)CC12. The number of rotatable bonds is 3. The van der Waals surface area contributed by atoms with E-state index in [2.05, 4.69) is 40.7 Å². The molecule has 1 N–H and O–H groups in total.